The van der Waals surface area contributed by atoms with Crippen LogP contribution in [0.5, 0.6) is 11.7 Å². The molecule has 0 aliphatic rings. The zero-order chi connectivity index (χ0) is 22.3. The Bertz CT molecular complexity index is 1270. The van der Waals surface area contributed by atoms with Crippen molar-refractivity contribution in [2.75, 3.05) is 6.61 Å². The van der Waals surface area contributed by atoms with Crippen molar-refractivity contribution in [2.45, 2.75) is 13.5 Å². The van der Waals surface area contributed by atoms with E-state index in [4.69, 9.17) is 13.9 Å². The van der Waals surface area contributed by atoms with Crippen LogP contribution < -0.4 is 14.9 Å². The molecule has 0 unspecified atom stereocenters. The Morgan fingerprint density at radius 2 is 2.03 bits per heavy atom. The van der Waals surface area contributed by atoms with E-state index in [1.54, 1.807) is 6.21 Å². The maximum Gasteiger partial charge on any atom is 0.327 e. The minimum absolute atomic E-state index is 0.130. The van der Waals surface area contributed by atoms with Crippen LogP contribution in [0.15, 0.2) is 80.9 Å². The number of rotatable bonds is 8. The first-order valence-electron chi connectivity index (χ1n) is 9.95. The molecule has 0 bridgehead atoms. The van der Waals surface area contributed by atoms with Crippen molar-refractivity contribution in [3.05, 3.63) is 88.4 Å². The fourth-order valence-electron chi connectivity index (χ4n) is 3.10. The van der Waals surface area contributed by atoms with Crippen LogP contribution in [0.25, 0.3) is 10.8 Å². The highest BCUT2D eigenvalue weighted by Gasteiger charge is 2.13. The molecule has 8 heteroatoms. The molecule has 1 aromatic heterocycles. The number of nitrogens with one attached hydrogen (secondary N) is 1. The number of benzene rings is 3. The summed E-state index contributed by atoms with van der Waals surface area (Å²) in [4.78, 5) is 16.2. The Hall–Kier alpha value is -3.65. The molecule has 7 nitrogen and oxygen atoms in total. The molecule has 0 saturated carbocycles. The third-order valence-corrected chi connectivity index (χ3v) is 5.03. The van der Waals surface area contributed by atoms with E-state index in [-0.39, 0.29) is 11.8 Å². The molecule has 0 radical (unpaired) electrons. The van der Waals surface area contributed by atoms with Crippen LogP contribution in [0, 0.1) is 0 Å². The zero-order valence-corrected chi connectivity index (χ0v) is 18.8. The summed E-state index contributed by atoms with van der Waals surface area (Å²) in [5.41, 5.74) is 4.21. The SMILES string of the molecule is CCOc1cnc(C(=O)N/N=C\c2c(OCc3cccc(Br)c3)ccc3ccccc23)o1. The van der Waals surface area contributed by atoms with Gasteiger partial charge in [0.1, 0.15) is 18.6 Å². The molecule has 32 heavy (non-hydrogen) atoms. The van der Waals surface area contributed by atoms with Gasteiger partial charge in [0.2, 0.25) is 0 Å². The van der Waals surface area contributed by atoms with Crippen LogP contribution in [0.3, 0.4) is 0 Å². The van der Waals surface area contributed by atoms with E-state index in [0.29, 0.717) is 19.0 Å². The maximum atomic E-state index is 12.3. The summed E-state index contributed by atoms with van der Waals surface area (Å²) in [5, 5.41) is 6.08. The molecule has 1 heterocycles. The van der Waals surface area contributed by atoms with Gasteiger partial charge in [0.15, 0.2) is 0 Å². The monoisotopic (exact) mass is 493 g/mol. The van der Waals surface area contributed by atoms with Crippen LogP contribution in [0.2, 0.25) is 0 Å². The molecular formula is C24H20BrN3O4. The fourth-order valence-corrected chi connectivity index (χ4v) is 3.55. The number of hydrazone groups is 1. The molecular weight excluding hydrogens is 474 g/mol. The van der Waals surface area contributed by atoms with E-state index in [9.17, 15) is 4.79 Å². The zero-order valence-electron chi connectivity index (χ0n) is 17.2. The Morgan fingerprint density at radius 1 is 1.16 bits per heavy atom. The number of aromatic nitrogens is 1. The third-order valence-electron chi connectivity index (χ3n) is 4.54. The normalized spacial score (nSPS) is 11.1. The van der Waals surface area contributed by atoms with E-state index in [1.165, 1.54) is 6.20 Å². The van der Waals surface area contributed by atoms with E-state index < -0.39 is 5.91 Å². The molecule has 0 spiro atoms. The number of hydrogen-bond acceptors (Lipinski definition) is 6. The second kappa shape index (κ2) is 10.1. The van der Waals surface area contributed by atoms with Gasteiger partial charge in [-0.15, -0.1) is 0 Å². The van der Waals surface area contributed by atoms with Gasteiger partial charge in [-0.25, -0.2) is 10.4 Å². The van der Waals surface area contributed by atoms with Gasteiger partial charge in [-0.1, -0.05) is 58.4 Å². The summed E-state index contributed by atoms with van der Waals surface area (Å²) in [6.45, 7) is 2.62. The van der Waals surface area contributed by atoms with Crippen molar-refractivity contribution < 1.29 is 18.7 Å². The van der Waals surface area contributed by atoms with Gasteiger partial charge in [-0.05, 0) is 41.5 Å². The maximum absolute atomic E-state index is 12.3. The molecule has 162 valence electrons. The highest BCUT2D eigenvalue weighted by atomic mass is 79.9. The predicted octanol–water partition coefficient (Wildman–Crippen LogP) is 5.33. The third kappa shape index (κ3) is 5.15. The highest BCUT2D eigenvalue weighted by molar-refractivity contribution is 9.10. The largest absolute Gasteiger partial charge is 0.488 e. The first-order valence-corrected chi connectivity index (χ1v) is 10.7. The molecule has 0 atom stereocenters. The number of halogens is 1. The number of carbonyl (C=O) groups is 1. The van der Waals surface area contributed by atoms with Gasteiger partial charge in [-0.3, -0.25) is 4.79 Å². The average molecular weight is 494 g/mol. The molecule has 0 aliphatic carbocycles. The summed E-state index contributed by atoms with van der Waals surface area (Å²) in [7, 11) is 0. The van der Waals surface area contributed by atoms with E-state index in [1.807, 2.05) is 67.6 Å². The van der Waals surface area contributed by atoms with Crippen LogP contribution in [-0.2, 0) is 6.61 Å². The second-order valence-corrected chi connectivity index (χ2v) is 7.65. The standard InChI is InChI=1S/C24H20BrN3O4/c1-2-30-22-14-26-24(32-22)23(29)28-27-13-20-19-9-4-3-7-17(19)10-11-21(20)31-15-16-6-5-8-18(25)12-16/h3-14H,2,15H2,1H3,(H,28,29)/b27-13-. The van der Waals surface area contributed by atoms with Crippen molar-refractivity contribution in [3.63, 3.8) is 0 Å². The van der Waals surface area contributed by atoms with Crippen LogP contribution in [-0.4, -0.2) is 23.7 Å². The van der Waals surface area contributed by atoms with Crippen LogP contribution >= 0.6 is 15.9 Å². The number of oxazole rings is 1. The number of ether oxygens (including phenoxy) is 2. The highest BCUT2D eigenvalue weighted by Crippen LogP contribution is 2.27. The molecule has 1 amide bonds. The Morgan fingerprint density at radius 3 is 2.88 bits per heavy atom. The van der Waals surface area contributed by atoms with Gasteiger partial charge < -0.3 is 13.9 Å². The summed E-state index contributed by atoms with van der Waals surface area (Å²) >= 11 is 3.47. The molecule has 4 rings (SSSR count). The van der Waals surface area contributed by atoms with Crippen LogP contribution in [0.1, 0.15) is 28.7 Å². The van der Waals surface area contributed by atoms with Crippen molar-refractivity contribution in [1.29, 1.82) is 0 Å². The Kier molecular flexibility index (Phi) is 6.81. The second-order valence-electron chi connectivity index (χ2n) is 6.73. The predicted molar refractivity (Wildman–Crippen MR) is 125 cm³/mol. The number of hydrogen-bond donors (Lipinski definition) is 1. The first kappa shape index (κ1) is 21.6. The summed E-state index contributed by atoms with van der Waals surface area (Å²) in [5.74, 6) is 0.119. The fraction of sp³-hybridized carbons (Fsp3) is 0.125. The van der Waals surface area contributed by atoms with Crippen molar-refractivity contribution in [1.82, 2.24) is 10.4 Å². The number of fused-ring (bicyclic) bond motifs is 1. The lowest BCUT2D eigenvalue weighted by Gasteiger charge is -2.12. The minimum Gasteiger partial charge on any atom is -0.488 e. The van der Waals surface area contributed by atoms with Gasteiger partial charge in [0, 0.05) is 10.0 Å². The van der Waals surface area contributed by atoms with Gasteiger partial charge >= 0.3 is 11.9 Å². The lowest BCUT2D eigenvalue weighted by Crippen LogP contribution is -2.18. The van der Waals surface area contributed by atoms with Gasteiger partial charge in [0.25, 0.3) is 5.89 Å². The van der Waals surface area contributed by atoms with Gasteiger partial charge in [0.05, 0.1) is 12.8 Å². The summed E-state index contributed by atoms with van der Waals surface area (Å²) < 4.78 is 17.5. The van der Waals surface area contributed by atoms with Crippen molar-refractivity contribution in [2.24, 2.45) is 5.10 Å². The van der Waals surface area contributed by atoms with Crippen molar-refractivity contribution in [3.8, 4) is 11.7 Å². The smallest absolute Gasteiger partial charge is 0.327 e. The number of amides is 1. The van der Waals surface area contributed by atoms with E-state index in [2.05, 4.69) is 31.4 Å². The summed E-state index contributed by atoms with van der Waals surface area (Å²) in [6, 6.07) is 19.7. The quantitative estimate of drug-likeness (QED) is 0.264. The van der Waals surface area contributed by atoms with E-state index in [0.717, 1.165) is 26.4 Å². The lowest BCUT2D eigenvalue weighted by molar-refractivity contribution is 0.0912. The minimum atomic E-state index is -0.580. The van der Waals surface area contributed by atoms with Gasteiger partial charge in [-0.2, -0.15) is 5.10 Å². The Labute approximate surface area is 193 Å². The molecule has 0 aliphatic heterocycles. The molecule has 0 fully saturated rings. The molecule has 4 aromatic rings. The topological polar surface area (TPSA) is 86.0 Å². The Balaban J connectivity index is 1.55. The van der Waals surface area contributed by atoms with Crippen molar-refractivity contribution >= 4 is 38.8 Å². The lowest BCUT2D eigenvalue weighted by atomic mass is 10.0. The van der Waals surface area contributed by atoms with Crippen LogP contribution in [0.4, 0.5) is 0 Å². The molecule has 3 aromatic carbocycles. The molecule has 0 saturated heterocycles. The first-order chi connectivity index (χ1) is 15.6. The summed E-state index contributed by atoms with van der Waals surface area (Å²) in [6.07, 6.45) is 2.91. The number of nitrogens with zero attached hydrogens (tertiary/aromatic N) is 2. The van der Waals surface area contributed by atoms with E-state index >= 15 is 0 Å². The average Bonchev–Trinajstić information content (AvgIpc) is 3.27. The number of carbonyl (C=O) groups excluding carboxylic acids is 1. The molecule has 1 N–H and O–H groups in total.